The van der Waals surface area contributed by atoms with Crippen molar-refractivity contribution < 1.29 is 9.59 Å². The zero-order valence-corrected chi connectivity index (χ0v) is 7.57. The molecule has 0 aliphatic carbocycles. The quantitative estimate of drug-likeness (QED) is 0.534. The van der Waals surface area contributed by atoms with E-state index < -0.39 is 11.9 Å². The van der Waals surface area contributed by atoms with Crippen LogP contribution < -0.4 is 16.2 Å². The summed E-state index contributed by atoms with van der Waals surface area (Å²) in [6.07, 6.45) is 2.99. The molecule has 1 aromatic rings. The number of carbonyl (C=O) groups excluding carboxylic acids is 2. The van der Waals surface area contributed by atoms with E-state index in [9.17, 15) is 9.59 Å². The van der Waals surface area contributed by atoms with Crippen LogP contribution in [0.25, 0.3) is 0 Å². The van der Waals surface area contributed by atoms with E-state index in [4.69, 9.17) is 0 Å². The van der Waals surface area contributed by atoms with Gasteiger partial charge in [-0.1, -0.05) is 0 Å². The summed E-state index contributed by atoms with van der Waals surface area (Å²) in [5.74, 6) is -0.393. The van der Waals surface area contributed by atoms with Crippen LogP contribution in [-0.2, 0) is 0 Å². The molecule has 6 heteroatoms. The van der Waals surface area contributed by atoms with Crippen LogP contribution >= 0.6 is 0 Å². The Hall–Kier alpha value is -2.11. The Kier molecular flexibility index (Phi) is 3.42. The van der Waals surface area contributed by atoms with Gasteiger partial charge in [0.25, 0.3) is 5.91 Å². The number of hydrogen-bond acceptors (Lipinski definition) is 3. The molecule has 0 aliphatic heterocycles. The summed E-state index contributed by atoms with van der Waals surface area (Å²) >= 11 is 0. The summed E-state index contributed by atoms with van der Waals surface area (Å²) in [6, 6.07) is 2.61. The highest BCUT2D eigenvalue weighted by molar-refractivity contribution is 5.94. The zero-order valence-electron chi connectivity index (χ0n) is 7.57. The molecule has 3 amide bonds. The summed E-state index contributed by atoms with van der Waals surface area (Å²) < 4.78 is 0. The monoisotopic (exact) mass is 194 g/mol. The number of nitrogens with zero attached hydrogens (tertiary/aromatic N) is 1. The second kappa shape index (κ2) is 4.80. The molecule has 0 bridgehead atoms. The molecule has 0 radical (unpaired) electrons. The third kappa shape index (κ3) is 2.74. The molecule has 1 rings (SSSR count). The highest BCUT2D eigenvalue weighted by Crippen LogP contribution is 1.93. The van der Waals surface area contributed by atoms with Gasteiger partial charge in [-0.3, -0.25) is 15.2 Å². The SMILES string of the molecule is CNC(=O)NNC(=O)c1ccncc1. The van der Waals surface area contributed by atoms with Crippen molar-refractivity contribution in [3.05, 3.63) is 30.1 Å². The number of hydrogen-bond donors (Lipinski definition) is 3. The van der Waals surface area contributed by atoms with Gasteiger partial charge in [-0.25, -0.2) is 10.2 Å². The molecule has 0 aliphatic rings. The van der Waals surface area contributed by atoms with Crippen molar-refractivity contribution in [2.24, 2.45) is 0 Å². The first-order chi connectivity index (χ1) is 6.74. The van der Waals surface area contributed by atoms with E-state index in [1.54, 1.807) is 12.1 Å². The number of pyridine rings is 1. The minimum Gasteiger partial charge on any atom is -0.340 e. The largest absolute Gasteiger partial charge is 0.340 e. The van der Waals surface area contributed by atoms with Crippen LogP contribution in [0, 0.1) is 0 Å². The lowest BCUT2D eigenvalue weighted by Crippen LogP contribution is -2.45. The predicted octanol–water partition coefficient (Wildman–Crippen LogP) is -0.345. The summed E-state index contributed by atoms with van der Waals surface area (Å²) in [5, 5.41) is 2.29. The maximum atomic E-state index is 11.3. The third-order valence-corrected chi connectivity index (χ3v) is 1.46. The Morgan fingerprint density at radius 1 is 1.21 bits per heavy atom. The Morgan fingerprint density at radius 2 is 1.86 bits per heavy atom. The smallest absolute Gasteiger partial charge is 0.333 e. The highest BCUT2D eigenvalue weighted by atomic mass is 16.2. The maximum Gasteiger partial charge on any atom is 0.333 e. The molecule has 3 N–H and O–H groups in total. The van der Waals surface area contributed by atoms with Gasteiger partial charge in [-0.15, -0.1) is 0 Å². The first kappa shape index (κ1) is 9.97. The van der Waals surface area contributed by atoms with Crippen LogP contribution in [0.15, 0.2) is 24.5 Å². The standard InChI is InChI=1S/C8H10N4O2/c1-9-8(14)12-11-7(13)6-2-4-10-5-3-6/h2-5H,1H3,(H,11,13)(H2,9,12,14). The van der Waals surface area contributed by atoms with Gasteiger partial charge in [-0.2, -0.15) is 0 Å². The van der Waals surface area contributed by atoms with Gasteiger partial charge in [-0.05, 0) is 12.1 Å². The Balaban J connectivity index is 2.48. The van der Waals surface area contributed by atoms with E-state index in [2.05, 4.69) is 21.2 Å². The van der Waals surface area contributed by atoms with E-state index in [0.717, 1.165) is 0 Å². The van der Waals surface area contributed by atoms with Crippen molar-refractivity contribution in [1.82, 2.24) is 21.2 Å². The van der Waals surface area contributed by atoms with Gasteiger partial charge < -0.3 is 5.32 Å². The van der Waals surface area contributed by atoms with E-state index in [1.165, 1.54) is 19.4 Å². The Labute approximate surface area is 80.7 Å². The second-order valence-corrected chi connectivity index (χ2v) is 2.39. The third-order valence-electron chi connectivity index (χ3n) is 1.46. The average Bonchev–Trinajstić information content (AvgIpc) is 2.26. The highest BCUT2D eigenvalue weighted by Gasteiger charge is 2.04. The van der Waals surface area contributed by atoms with Gasteiger partial charge in [0, 0.05) is 25.0 Å². The van der Waals surface area contributed by atoms with Gasteiger partial charge in [0.1, 0.15) is 0 Å². The molecule has 1 aromatic heterocycles. The number of carbonyl (C=O) groups is 2. The van der Waals surface area contributed by atoms with E-state index >= 15 is 0 Å². The molecule has 0 saturated heterocycles. The van der Waals surface area contributed by atoms with Crippen LogP contribution in [0.2, 0.25) is 0 Å². The van der Waals surface area contributed by atoms with Crippen LogP contribution in [0.1, 0.15) is 10.4 Å². The summed E-state index contributed by atoms with van der Waals surface area (Å²) in [6.45, 7) is 0. The molecule has 0 spiro atoms. The summed E-state index contributed by atoms with van der Waals surface area (Å²) in [4.78, 5) is 25.7. The molecule has 0 atom stereocenters. The molecule has 0 unspecified atom stereocenters. The summed E-state index contributed by atoms with van der Waals surface area (Å²) in [5.41, 5.74) is 4.81. The van der Waals surface area contributed by atoms with Gasteiger partial charge in [0.15, 0.2) is 0 Å². The first-order valence-electron chi connectivity index (χ1n) is 3.92. The summed E-state index contributed by atoms with van der Waals surface area (Å²) in [7, 11) is 1.45. The predicted molar refractivity (Wildman–Crippen MR) is 49.3 cm³/mol. The number of urea groups is 1. The van der Waals surface area contributed by atoms with Crippen LogP contribution in [0.4, 0.5) is 4.79 Å². The number of nitrogens with one attached hydrogen (secondary N) is 3. The van der Waals surface area contributed by atoms with Crippen LogP contribution in [-0.4, -0.2) is 24.0 Å². The van der Waals surface area contributed by atoms with Gasteiger partial charge in [0.2, 0.25) is 0 Å². The fraction of sp³-hybridized carbons (Fsp3) is 0.125. The Bertz CT molecular complexity index is 325. The molecule has 74 valence electrons. The average molecular weight is 194 g/mol. The fourth-order valence-electron chi connectivity index (χ4n) is 0.751. The molecular formula is C8H10N4O2. The number of aromatic nitrogens is 1. The molecular weight excluding hydrogens is 184 g/mol. The minimum absolute atomic E-state index is 0.393. The number of hydrazine groups is 1. The first-order valence-corrected chi connectivity index (χ1v) is 3.92. The lowest BCUT2D eigenvalue weighted by Gasteiger charge is -2.05. The molecule has 0 aromatic carbocycles. The zero-order chi connectivity index (χ0) is 10.4. The molecule has 6 nitrogen and oxygen atoms in total. The number of amides is 3. The van der Waals surface area contributed by atoms with E-state index in [1.807, 2.05) is 0 Å². The van der Waals surface area contributed by atoms with Crippen LogP contribution in [0.3, 0.4) is 0 Å². The van der Waals surface area contributed by atoms with Crippen molar-refractivity contribution in [1.29, 1.82) is 0 Å². The lowest BCUT2D eigenvalue weighted by atomic mass is 10.3. The topological polar surface area (TPSA) is 83.1 Å². The normalized spacial score (nSPS) is 8.93. The number of rotatable bonds is 1. The molecule has 0 saturated carbocycles. The van der Waals surface area contributed by atoms with Gasteiger partial charge in [0.05, 0.1) is 0 Å². The molecule has 0 fully saturated rings. The van der Waals surface area contributed by atoms with Gasteiger partial charge >= 0.3 is 6.03 Å². The Morgan fingerprint density at radius 3 is 2.43 bits per heavy atom. The fourth-order valence-corrected chi connectivity index (χ4v) is 0.751. The van der Waals surface area contributed by atoms with Crippen molar-refractivity contribution in [2.45, 2.75) is 0 Å². The molecule has 1 heterocycles. The van der Waals surface area contributed by atoms with Crippen molar-refractivity contribution in [2.75, 3.05) is 7.05 Å². The molecule has 14 heavy (non-hydrogen) atoms. The van der Waals surface area contributed by atoms with Crippen LogP contribution in [0.5, 0.6) is 0 Å². The van der Waals surface area contributed by atoms with Crippen molar-refractivity contribution >= 4 is 11.9 Å². The van der Waals surface area contributed by atoms with E-state index in [-0.39, 0.29) is 0 Å². The minimum atomic E-state index is -0.479. The second-order valence-electron chi connectivity index (χ2n) is 2.39. The van der Waals surface area contributed by atoms with Crippen molar-refractivity contribution in [3.63, 3.8) is 0 Å². The maximum absolute atomic E-state index is 11.3. The van der Waals surface area contributed by atoms with Crippen molar-refractivity contribution in [3.8, 4) is 0 Å². The van der Waals surface area contributed by atoms with E-state index in [0.29, 0.717) is 5.56 Å². The lowest BCUT2D eigenvalue weighted by molar-refractivity contribution is 0.0936.